The zero-order valence-electron chi connectivity index (χ0n) is 12.9. The minimum absolute atomic E-state index is 0.136. The third-order valence-corrected chi connectivity index (χ3v) is 4.23. The molecule has 0 bridgehead atoms. The topological polar surface area (TPSA) is 91.8 Å². The Hall–Kier alpha value is -2.52. The molecule has 23 heavy (non-hydrogen) atoms. The van der Waals surface area contributed by atoms with Crippen LogP contribution in [0, 0.1) is 11.3 Å². The Bertz CT molecular complexity index is 725. The van der Waals surface area contributed by atoms with Crippen molar-refractivity contribution in [2.75, 3.05) is 16.8 Å². The van der Waals surface area contributed by atoms with E-state index in [-0.39, 0.29) is 17.3 Å². The summed E-state index contributed by atoms with van der Waals surface area (Å²) in [7, 11) is 0. The number of unbranched alkanes of at least 4 members (excludes halogenated alkanes) is 1. The standard InChI is InChI=1S/C17H18N4OS/c1-2-3-9-23-17-12(11-18)10-14(15(19)21-17)16(22)20-13-7-5-4-6-8-13/h4-8,10H,2-3,9H2,1H3,(H2,19,21)(H,20,22). The van der Waals surface area contributed by atoms with E-state index in [4.69, 9.17) is 5.73 Å². The molecule has 0 aliphatic carbocycles. The number of para-hydroxylation sites is 1. The molecule has 2 rings (SSSR count). The fraction of sp³-hybridized carbons (Fsp3) is 0.235. The SMILES string of the molecule is CCCCSc1nc(N)c(C(=O)Nc2ccccc2)cc1C#N. The van der Waals surface area contributed by atoms with Crippen molar-refractivity contribution in [3.05, 3.63) is 47.5 Å². The number of hydrogen-bond donors (Lipinski definition) is 2. The number of carbonyl (C=O) groups is 1. The maximum Gasteiger partial charge on any atom is 0.259 e. The average molecular weight is 326 g/mol. The molecule has 1 heterocycles. The molecule has 1 aromatic carbocycles. The number of anilines is 2. The lowest BCUT2D eigenvalue weighted by Crippen LogP contribution is -2.15. The van der Waals surface area contributed by atoms with Gasteiger partial charge < -0.3 is 11.1 Å². The molecule has 0 radical (unpaired) electrons. The van der Waals surface area contributed by atoms with Crippen molar-refractivity contribution >= 4 is 29.2 Å². The predicted octanol–water partition coefficient (Wildman–Crippen LogP) is 3.68. The van der Waals surface area contributed by atoms with Gasteiger partial charge in [-0.25, -0.2) is 4.98 Å². The summed E-state index contributed by atoms with van der Waals surface area (Å²) in [5.74, 6) is 0.631. The van der Waals surface area contributed by atoms with Crippen molar-refractivity contribution in [1.82, 2.24) is 4.98 Å². The molecule has 0 unspecified atom stereocenters. The molecule has 0 atom stereocenters. The maximum absolute atomic E-state index is 12.3. The summed E-state index contributed by atoms with van der Waals surface area (Å²) in [5, 5.41) is 12.6. The first-order valence-corrected chi connectivity index (χ1v) is 8.34. The molecule has 3 N–H and O–H groups in total. The molecule has 0 aliphatic heterocycles. The first-order valence-electron chi connectivity index (χ1n) is 7.35. The van der Waals surface area contributed by atoms with E-state index in [2.05, 4.69) is 23.3 Å². The van der Waals surface area contributed by atoms with E-state index >= 15 is 0 Å². The summed E-state index contributed by atoms with van der Waals surface area (Å²) < 4.78 is 0. The minimum atomic E-state index is -0.372. The van der Waals surface area contributed by atoms with Gasteiger partial charge in [-0.2, -0.15) is 5.26 Å². The third kappa shape index (κ3) is 4.47. The molecule has 0 aliphatic rings. The molecule has 2 aromatic rings. The number of nitrogens with one attached hydrogen (secondary N) is 1. The molecule has 0 fully saturated rings. The Morgan fingerprint density at radius 2 is 2.13 bits per heavy atom. The third-order valence-electron chi connectivity index (χ3n) is 3.15. The van der Waals surface area contributed by atoms with Crippen LogP contribution >= 0.6 is 11.8 Å². The van der Waals surface area contributed by atoms with Crippen LogP contribution in [0.5, 0.6) is 0 Å². The van der Waals surface area contributed by atoms with Crippen LogP contribution in [0.25, 0.3) is 0 Å². The number of aromatic nitrogens is 1. The van der Waals surface area contributed by atoms with E-state index in [0.717, 1.165) is 18.6 Å². The van der Waals surface area contributed by atoms with Gasteiger partial charge in [0.05, 0.1) is 11.1 Å². The lowest BCUT2D eigenvalue weighted by atomic mass is 10.2. The number of nitriles is 1. The molecule has 0 saturated heterocycles. The zero-order valence-corrected chi connectivity index (χ0v) is 13.7. The molecule has 1 aromatic heterocycles. The van der Waals surface area contributed by atoms with Gasteiger partial charge in [0.2, 0.25) is 0 Å². The number of nitrogen functional groups attached to an aromatic ring is 1. The van der Waals surface area contributed by atoms with Gasteiger partial charge in [-0.15, -0.1) is 11.8 Å². The Morgan fingerprint density at radius 3 is 2.78 bits per heavy atom. The van der Waals surface area contributed by atoms with Crippen LogP contribution in [-0.2, 0) is 0 Å². The number of nitrogens with two attached hydrogens (primary N) is 1. The number of nitrogens with zero attached hydrogens (tertiary/aromatic N) is 2. The van der Waals surface area contributed by atoms with Crippen LogP contribution in [0.1, 0.15) is 35.7 Å². The van der Waals surface area contributed by atoms with E-state index in [0.29, 0.717) is 16.3 Å². The van der Waals surface area contributed by atoms with Gasteiger partial charge >= 0.3 is 0 Å². The summed E-state index contributed by atoms with van der Waals surface area (Å²) in [6, 6.07) is 12.7. The summed E-state index contributed by atoms with van der Waals surface area (Å²) in [6.07, 6.45) is 2.11. The van der Waals surface area contributed by atoms with E-state index in [9.17, 15) is 10.1 Å². The first kappa shape index (κ1) is 16.8. The quantitative estimate of drug-likeness (QED) is 0.624. The highest BCUT2D eigenvalue weighted by Gasteiger charge is 2.16. The lowest BCUT2D eigenvalue weighted by molar-refractivity contribution is 0.102. The molecule has 1 amide bonds. The molecular formula is C17H18N4OS. The van der Waals surface area contributed by atoms with E-state index in [1.165, 1.54) is 17.8 Å². The fourth-order valence-corrected chi connectivity index (χ4v) is 2.96. The Labute approximate surface area is 139 Å². The number of amides is 1. The maximum atomic E-state index is 12.3. The van der Waals surface area contributed by atoms with Crippen LogP contribution in [0.4, 0.5) is 11.5 Å². The Balaban J connectivity index is 2.22. The Kier molecular flexibility index (Phi) is 6.01. The van der Waals surface area contributed by atoms with Gasteiger partial charge in [0.25, 0.3) is 5.91 Å². The monoisotopic (exact) mass is 326 g/mol. The van der Waals surface area contributed by atoms with Gasteiger partial charge in [-0.05, 0) is 30.4 Å². The van der Waals surface area contributed by atoms with Crippen molar-refractivity contribution < 1.29 is 4.79 Å². The molecule has 0 spiro atoms. The van der Waals surface area contributed by atoms with Crippen molar-refractivity contribution in [1.29, 1.82) is 5.26 Å². The van der Waals surface area contributed by atoms with Gasteiger partial charge in [-0.1, -0.05) is 31.5 Å². The molecule has 6 heteroatoms. The molecule has 5 nitrogen and oxygen atoms in total. The molecular weight excluding hydrogens is 308 g/mol. The number of rotatable bonds is 6. The van der Waals surface area contributed by atoms with Crippen molar-refractivity contribution in [2.24, 2.45) is 0 Å². The van der Waals surface area contributed by atoms with Gasteiger partial charge in [0.15, 0.2) is 0 Å². The van der Waals surface area contributed by atoms with Crippen LogP contribution in [0.15, 0.2) is 41.4 Å². The second-order valence-electron chi connectivity index (χ2n) is 4.91. The summed E-state index contributed by atoms with van der Waals surface area (Å²) in [5.41, 5.74) is 7.16. The van der Waals surface area contributed by atoms with Crippen molar-refractivity contribution in [3.8, 4) is 6.07 Å². The first-order chi connectivity index (χ1) is 11.2. The van der Waals surface area contributed by atoms with Crippen molar-refractivity contribution in [3.63, 3.8) is 0 Å². The lowest BCUT2D eigenvalue weighted by Gasteiger charge is -2.10. The summed E-state index contributed by atoms with van der Waals surface area (Å²) in [6.45, 7) is 2.10. The number of benzene rings is 1. The molecule has 0 saturated carbocycles. The van der Waals surface area contributed by atoms with E-state index in [1.807, 2.05) is 18.2 Å². The molecule has 118 valence electrons. The highest BCUT2D eigenvalue weighted by atomic mass is 32.2. The number of hydrogen-bond acceptors (Lipinski definition) is 5. The number of pyridine rings is 1. The minimum Gasteiger partial charge on any atom is -0.383 e. The van der Waals surface area contributed by atoms with Crippen LogP contribution in [0.2, 0.25) is 0 Å². The smallest absolute Gasteiger partial charge is 0.259 e. The normalized spacial score (nSPS) is 10.1. The van der Waals surface area contributed by atoms with Gasteiger partial charge in [0.1, 0.15) is 16.9 Å². The van der Waals surface area contributed by atoms with E-state index in [1.54, 1.807) is 12.1 Å². The fourth-order valence-electron chi connectivity index (χ4n) is 1.91. The van der Waals surface area contributed by atoms with Gasteiger partial charge in [-0.3, -0.25) is 4.79 Å². The zero-order chi connectivity index (χ0) is 16.7. The highest BCUT2D eigenvalue weighted by molar-refractivity contribution is 7.99. The number of thioether (sulfide) groups is 1. The van der Waals surface area contributed by atoms with Crippen LogP contribution in [0.3, 0.4) is 0 Å². The highest BCUT2D eigenvalue weighted by Crippen LogP contribution is 2.25. The number of carbonyl (C=O) groups excluding carboxylic acids is 1. The average Bonchev–Trinajstić information content (AvgIpc) is 2.56. The van der Waals surface area contributed by atoms with Crippen LogP contribution < -0.4 is 11.1 Å². The summed E-state index contributed by atoms with van der Waals surface area (Å²) >= 11 is 1.49. The Morgan fingerprint density at radius 1 is 1.39 bits per heavy atom. The van der Waals surface area contributed by atoms with E-state index < -0.39 is 0 Å². The van der Waals surface area contributed by atoms with Gasteiger partial charge in [0, 0.05) is 5.69 Å². The summed E-state index contributed by atoms with van der Waals surface area (Å²) in [4.78, 5) is 16.6. The second kappa shape index (κ2) is 8.20. The largest absolute Gasteiger partial charge is 0.383 e. The predicted molar refractivity (Wildman–Crippen MR) is 93.4 cm³/mol. The second-order valence-corrected chi connectivity index (χ2v) is 5.99. The van der Waals surface area contributed by atoms with Crippen LogP contribution in [-0.4, -0.2) is 16.6 Å². The van der Waals surface area contributed by atoms with Crippen molar-refractivity contribution in [2.45, 2.75) is 24.8 Å².